The fourth-order valence-corrected chi connectivity index (χ4v) is 3.43. The van der Waals surface area contributed by atoms with Gasteiger partial charge in [-0.25, -0.2) is 4.68 Å². The Morgan fingerprint density at radius 3 is 2.26 bits per heavy atom. The first kappa shape index (κ1) is 17.5. The van der Waals surface area contributed by atoms with Crippen LogP contribution in [-0.4, -0.2) is 14.9 Å². The molecule has 0 fully saturated rings. The minimum absolute atomic E-state index is 0.0576. The fraction of sp³-hybridized carbons (Fsp3) is 0.444. The molecular weight excluding hydrogens is 312 g/mol. The summed E-state index contributed by atoms with van der Waals surface area (Å²) >= 11 is 6.57. The third-order valence-corrected chi connectivity index (χ3v) is 4.74. The van der Waals surface area contributed by atoms with Gasteiger partial charge in [-0.3, -0.25) is 4.79 Å². The summed E-state index contributed by atoms with van der Waals surface area (Å²) in [5.41, 5.74) is 4.21. The van der Waals surface area contributed by atoms with Crippen LogP contribution < -0.4 is 5.56 Å². The summed E-state index contributed by atoms with van der Waals surface area (Å²) < 4.78 is 1.27. The van der Waals surface area contributed by atoms with Crippen molar-refractivity contribution in [2.45, 2.75) is 47.0 Å². The molecule has 1 N–H and O–H groups in total. The molecule has 1 aromatic heterocycles. The van der Waals surface area contributed by atoms with Crippen LogP contribution in [0.1, 0.15) is 43.2 Å². The lowest BCUT2D eigenvalue weighted by atomic mass is 9.89. The molecule has 2 aromatic rings. The Morgan fingerprint density at radius 1 is 1.13 bits per heavy atom. The molecule has 4 nitrogen and oxygen atoms in total. The maximum atomic E-state index is 12.6. The van der Waals surface area contributed by atoms with Crippen molar-refractivity contribution in [3.05, 3.63) is 43.8 Å². The number of aromatic hydroxyl groups is 1. The number of rotatable bonds is 4. The molecule has 0 radical (unpaired) electrons. The normalized spacial score (nSPS) is 11.0. The maximum Gasteiger partial charge on any atom is 0.278 e. The van der Waals surface area contributed by atoms with E-state index >= 15 is 0 Å². The summed E-state index contributed by atoms with van der Waals surface area (Å²) in [6.07, 6.45) is 2.29. The van der Waals surface area contributed by atoms with E-state index in [1.807, 2.05) is 19.9 Å². The molecule has 0 aliphatic rings. The van der Waals surface area contributed by atoms with Crippen LogP contribution in [0.4, 0.5) is 0 Å². The molecule has 0 aliphatic carbocycles. The van der Waals surface area contributed by atoms with E-state index in [0.717, 1.165) is 35.1 Å². The zero-order valence-electron chi connectivity index (χ0n) is 14.3. The highest BCUT2D eigenvalue weighted by molar-refractivity contribution is 6.32. The number of halogens is 1. The van der Waals surface area contributed by atoms with Crippen LogP contribution >= 0.6 is 11.6 Å². The van der Waals surface area contributed by atoms with E-state index in [-0.39, 0.29) is 11.3 Å². The highest BCUT2D eigenvalue weighted by Crippen LogP contribution is 2.38. The highest BCUT2D eigenvalue weighted by atomic mass is 35.5. The van der Waals surface area contributed by atoms with Crippen molar-refractivity contribution in [3.63, 3.8) is 0 Å². The topological polar surface area (TPSA) is 55.1 Å². The number of benzene rings is 1. The average Bonchev–Trinajstić information content (AvgIpc) is 2.53. The first-order valence-electron chi connectivity index (χ1n) is 7.97. The zero-order chi connectivity index (χ0) is 17.3. The molecule has 23 heavy (non-hydrogen) atoms. The Labute approximate surface area is 141 Å². The Morgan fingerprint density at radius 2 is 1.74 bits per heavy atom. The summed E-state index contributed by atoms with van der Waals surface area (Å²) in [5.74, 6) is -0.0576. The van der Waals surface area contributed by atoms with Gasteiger partial charge in [0.05, 0.1) is 5.56 Å². The zero-order valence-corrected chi connectivity index (χ0v) is 15.1. The number of nitrogens with zero attached hydrogens (tertiary/aromatic N) is 2. The minimum Gasteiger partial charge on any atom is -0.505 e. The summed E-state index contributed by atoms with van der Waals surface area (Å²) in [5, 5.41) is 15.2. The summed E-state index contributed by atoms with van der Waals surface area (Å²) in [7, 11) is 1.59. The molecule has 0 saturated carbocycles. The molecule has 124 valence electrons. The van der Waals surface area contributed by atoms with Crippen LogP contribution in [-0.2, 0) is 26.3 Å². The Balaban J connectivity index is 3.00. The monoisotopic (exact) mass is 334 g/mol. The molecule has 0 saturated heterocycles. The average molecular weight is 335 g/mol. The summed E-state index contributed by atoms with van der Waals surface area (Å²) in [6.45, 7) is 7.81. The quantitative estimate of drug-likeness (QED) is 0.925. The van der Waals surface area contributed by atoms with E-state index in [2.05, 4.69) is 12.0 Å². The molecule has 0 aliphatic heterocycles. The molecule has 0 spiro atoms. The standard InChI is InChI=1S/C18H23ClN2O2/c1-6-11-9-12(7-2)16(19)13(8-3)14(11)15-17(22)10(4)20-21(5)18(15)23/h9,22H,6-8H2,1-5H3. The van der Waals surface area contributed by atoms with Gasteiger partial charge in [-0.15, -0.1) is 0 Å². The lowest BCUT2D eigenvalue weighted by Gasteiger charge is -2.19. The number of hydrogen-bond acceptors (Lipinski definition) is 3. The third-order valence-electron chi connectivity index (χ3n) is 4.27. The van der Waals surface area contributed by atoms with Crippen LogP contribution in [0.2, 0.25) is 5.02 Å². The van der Waals surface area contributed by atoms with Crippen molar-refractivity contribution < 1.29 is 5.11 Å². The van der Waals surface area contributed by atoms with E-state index in [1.54, 1.807) is 14.0 Å². The number of hydrogen-bond donors (Lipinski definition) is 1. The van der Waals surface area contributed by atoms with Crippen LogP contribution in [0, 0.1) is 6.92 Å². The molecule has 5 heteroatoms. The smallest absolute Gasteiger partial charge is 0.278 e. The summed E-state index contributed by atoms with van der Waals surface area (Å²) in [6, 6.07) is 2.05. The second-order valence-corrected chi connectivity index (χ2v) is 6.04. The molecule has 2 rings (SSSR count). The number of aryl methyl sites for hydroxylation is 4. The molecule has 1 heterocycles. The predicted molar refractivity (Wildman–Crippen MR) is 94.5 cm³/mol. The molecule has 1 aromatic carbocycles. The molecule has 0 amide bonds. The second kappa shape index (κ2) is 6.75. The Kier molecular flexibility index (Phi) is 5.15. The van der Waals surface area contributed by atoms with E-state index in [1.165, 1.54) is 4.68 Å². The van der Waals surface area contributed by atoms with E-state index < -0.39 is 0 Å². The molecular formula is C18H23ClN2O2. The Hall–Kier alpha value is -1.81. The predicted octanol–water partition coefficient (Wildman–Crippen LogP) is 3.80. The van der Waals surface area contributed by atoms with Gasteiger partial charge in [0.25, 0.3) is 5.56 Å². The minimum atomic E-state index is -0.308. The van der Waals surface area contributed by atoms with Crippen molar-refractivity contribution in [3.8, 4) is 16.9 Å². The number of aromatic nitrogens is 2. The third kappa shape index (κ3) is 2.88. The van der Waals surface area contributed by atoms with Crippen molar-refractivity contribution in [1.29, 1.82) is 0 Å². The van der Waals surface area contributed by atoms with Gasteiger partial charge in [0.2, 0.25) is 0 Å². The summed E-state index contributed by atoms with van der Waals surface area (Å²) in [4.78, 5) is 12.6. The van der Waals surface area contributed by atoms with Crippen molar-refractivity contribution in [1.82, 2.24) is 9.78 Å². The van der Waals surface area contributed by atoms with Gasteiger partial charge >= 0.3 is 0 Å². The molecule has 0 atom stereocenters. The van der Waals surface area contributed by atoms with Crippen LogP contribution in [0.3, 0.4) is 0 Å². The second-order valence-electron chi connectivity index (χ2n) is 5.66. The lowest BCUT2D eigenvalue weighted by molar-refractivity contribution is 0.460. The van der Waals surface area contributed by atoms with Gasteiger partial charge in [-0.2, -0.15) is 5.10 Å². The van der Waals surface area contributed by atoms with Crippen LogP contribution in [0.5, 0.6) is 5.75 Å². The van der Waals surface area contributed by atoms with Gasteiger partial charge in [0, 0.05) is 12.1 Å². The highest BCUT2D eigenvalue weighted by Gasteiger charge is 2.23. The van der Waals surface area contributed by atoms with E-state index in [9.17, 15) is 9.90 Å². The van der Waals surface area contributed by atoms with Crippen molar-refractivity contribution in [2.75, 3.05) is 0 Å². The SMILES string of the molecule is CCc1cc(CC)c(-c2c(O)c(C)nn(C)c2=O)c(CC)c1Cl. The largest absolute Gasteiger partial charge is 0.505 e. The lowest BCUT2D eigenvalue weighted by Crippen LogP contribution is -2.23. The van der Waals surface area contributed by atoms with Gasteiger partial charge in [0.1, 0.15) is 5.69 Å². The fourth-order valence-electron chi connectivity index (χ4n) is 3.01. The van der Waals surface area contributed by atoms with Crippen molar-refractivity contribution >= 4 is 11.6 Å². The van der Waals surface area contributed by atoms with Gasteiger partial charge in [-0.1, -0.05) is 38.4 Å². The van der Waals surface area contributed by atoms with E-state index in [0.29, 0.717) is 22.7 Å². The van der Waals surface area contributed by atoms with Gasteiger partial charge in [-0.05, 0) is 48.4 Å². The van der Waals surface area contributed by atoms with Crippen molar-refractivity contribution in [2.24, 2.45) is 7.05 Å². The van der Waals surface area contributed by atoms with Crippen LogP contribution in [0.25, 0.3) is 11.1 Å². The molecule has 0 bridgehead atoms. The van der Waals surface area contributed by atoms with Gasteiger partial charge < -0.3 is 5.11 Å². The molecule has 0 unspecified atom stereocenters. The van der Waals surface area contributed by atoms with Gasteiger partial charge in [0.15, 0.2) is 5.75 Å². The maximum absolute atomic E-state index is 12.6. The Bertz CT molecular complexity index is 810. The first-order chi connectivity index (χ1) is 10.9. The van der Waals surface area contributed by atoms with Crippen LogP contribution in [0.15, 0.2) is 10.9 Å². The van der Waals surface area contributed by atoms with E-state index in [4.69, 9.17) is 11.6 Å². The first-order valence-corrected chi connectivity index (χ1v) is 8.35.